The lowest BCUT2D eigenvalue weighted by atomic mass is 10.0. The predicted octanol–water partition coefficient (Wildman–Crippen LogP) is 2.85. The number of nitrogens with zero attached hydrogens (tertiary/aromatic N) is 2. The van der Waals surface area contributed by atoms with E-state index in [1.165, 1.54) is 11.3 Å². The lowest BCUT2D eigenvalue weighted by molar-refractivity contribution is 0.462. The summed E-state index contributed by atoms with van der Waals surface area (Å²) in [5.74, 6) is 0. The minimum atomic E-state index is 0.306. The molecule has 2 nitrogen and oxygen atoms in total. The van der Waals surface area contributed by atoms with Crippen LogP contribution < -0.4 is 10.2 Å². The molecule has 1 aliphatic heterocycles. The van der Waals surface area contributed by atoms with Gasteiger partial charge in [0.15, 0.2) is 0 Å². The summed E-state index contributed by atoms with van der Waals surface area (Å²) in [4.78, 5) is 2.42. The molecule has 0 aromatic heterocycles. The van der Waals surface area contributed by atoms with Gasteiger partial charge in [-0.3, -0.25) is 0 Å². The molecule has 1 atom stereocenters. The minimum Gasteiger partial charge on any atom is -0.368 e. The number of anilines is 1. The van der Waals surface area contributed by atoms with Gasteiger partial charge in [0.05, 0.1) is 6.04 Å². The van der Waals surface area contributed by atoms with E-state index < -0.39 is 0 Å². The first-order chi connectivity index (χ1) is 8.93. The van der Waals surface area contributed by atoms with E-state index in [0.717, 1.165) is 19.6 Å². The Kier molecular flexibility index (Phi) is 3.29. The lowest BCUT2D eigenvalue weighted by Gasteiger charge is -2.34. The SMILES string of the molecule is c1ccc(C2CN(c3ccccc3)CC[N]2)cc1. The van der Waals surface area contributed by atoms with Crippen molar-refractivity contribution in [2.75, 3.05) is 24.5 Å². The fourth-order valence-corrected chi connectivity index (χ4v) is 2.45. The van der Waals surface area contributed by atoms with Gasteiger partial charge in [-0.25, -0.2) is 5.32 Å². The first kappa shape index (κ1) is 11.3. The zero-order chi connectivity index (χ0) is 12.2. The highest BCUT2D eigenvalue weighted by molar-refractivity contribution is 5.47. The van der Waals surface area contributed by atoms with Gasteiger partial charge in [0, 0.05) is 25.3 Å². The van der Waals surface area contributed by atoms with E-state index in [2.05, 4.69) is 65.6 Å². The second-order valence-corrected chi connectivity index (χ2v) is 4.61. The van der Waals surface area contributed by atoms with Crippen LogP contribution in [0.1, 0.15) is 11.6 Å². The maximum atomic E-state index is 4.73. The fraction of sp³-hybridized carbons (Fsp3) is 0.250. The van der Waals surface area contributed by atoms with Gasteiger partial charge in [-0.2, -0.15) is 0 Å². The Morgan fingerprint density at radius 1 is 0.889 bits per heavy atom. The molecule has 0 bridgehead atoms. The third-order valence-corrected chi connectivity index (χ3v) is 3.42. The summed E-state index contributed by atoms with van der Waals surface area (Å²) in [6.45, 7) is 2.91. The number of para-hydroxylation sites is 1. The van der Waals surface area contributed by atoms with E-state index in [0.29, 0.717) is 6.04 Å². The molecular formula is C16H17N2. The molecule has 1 fully saturated rings. The molecule has 2 aromatic carbocycles. The van der Waals surface area contributed by atoms with Crippen molar-refractivity contribution in [1.29, 1.82) is 0 Å². The summed E-state index contributed by atoms with van der Waals surface area (Å²) >= 11 is 0. The van der Waals surface area contributed by atoms with Crippen molar-refractivity contribution in [3.05, 3.63) is 66.2 Å². The Bertz CT molecular complexity index is 435. The number of piperazine rings is 1. The number of hydrogen-bond acceptors (Lipinski definition) is 1. The van der Waals surface area contributed by atoms with Gasteiger partial charge in [0.1, 0.15) is 0 Å². The van der Waals surface area contributed by atoms with Crippen LogP contribution >= 0.6 is 0 Å². The van der Waals surface area contributed by atoms with Crippen molar-refractivity contribution >= 4 is 5.69 Å². The average molecular weight is 237 g/mol. The highest BCUT2D eigenvalue weighted by Crippen LogP contribution is 2.22. The van der Waals surface area contributed by atoms with E-state index in [4.69, 9.17) is 5.32 Å². The van der Waals surface area contributed by atoms with E-state index in [-0.39, 0.29) is 0 Å². The van der Waals surface area contributed by atoms with Gasteiger partial charge in [0.2, 0.25) is 0 Å². The van der Waals surface area contributed by atoms with Gasteiger partial charge >= 0.3 is 0 Å². The molecule has 1 radical (unpaired) electrons. The van der Waals surface area contributed by atoms with Gasteiger partial charge in [-0.1, -0.05) is 48.5 Å². The van der Waals surface area contributed by atoms with Crippen molar-refractivity contribution in [2.45, 2.75) is 6.04 Å². The Morgan fingerprint density at radius 2 is 1.56 bits per heavy atom. The lowest BCUT2D eigenvalue weighted by Crippen LogP contribution is -2.42. The maximum Gasteiger partial charge on any atom is 0.0671 e. The van der Waals surface area contributed by atoms with Crippen LogP contribution in [0.3, 0.4) is 0 Å². The van der Waals surface area contributed by atoms with Gasteiger partial charge in [0.25, 0.3) is 0 Å². The van der Waals surface area contributed by atoms with Crippen LogP contribution in [-0.4, -0.2) is 19.6 Å². The molecule has 1 aliphatic rings. The first-order valence-electron chi connectivity index (χ1n) is 6.45. The third-order valence-electron chi connectivity index (χ3n) is 3.42. The summed E-state index contributed by atoms with van der Waals surface area (Å²) in [5.41, 5.74) is 2.62. The summed E-state index contributed by atoms with van der Waals surface area (Å²) in [5, 5.41) is 4.73. The van der Waals surface area contributed by atoms with Gasteiger partial charge < -0.3 is 4.90 Å². The monoisotopic (exact) mass is 237 g/mol. The van der Waals surface area contributed by atoms with Crippen molar-refractivity contribution in [3.8, 4) is 0 Å². The van der Waals surface area contributed by atoms with E-state index in [9.17, 15) is 0 Å². The van der Waals surface area contributed by atoms with Crippen LogP contribution in [0, 0.1) is 0 Å². The number of rotatable bonds is 2. The van der Waals surface area contributed by atoms with Crippen LogP contribution in [0.25, 0.3) is 0 Å². The van der Waals surface area contributed by atoms with Crippen molar-refractivity contribution in [2.24, 2.45) is 0 Å². The van der Waals surface area contributed by atoms with E-state index in [1.54, 1.807) is 0 Å². The second-order valence-electron chi connectivity index (χ2n) is 4.61. The number of hydrogen-bond donors (Lipinski definition) is 0. The van der Waals surface area contributed by atoms with Crippen molar-refractivity contribution < 1.29 is 0 Å². The Morgan fingerprint density at radius 3 is 2.28 bits per heavy atom. The molecule has 0 N–H and O–H groups in total. The first-order valence-corrected chi connectivity index (χ1v) is 6.45. The minimum absolute atomic E-state index is 0.306. The summed E-state index contributed by atoms with van der Waals surface area (Å²) in [6, 6.07) is 21.5. The molecule has 0 aliphatic carbocycles. The highest BCUT2D eigenvalue weighted by Gasteiger charge is 2.21. The van der Waals surface area contributed by atoms with Crippen LogP contribution in [-0.2, 0) is 0 Å². The quantitative estimate of drug-likeness (QED) is 0.785. The Hall–Kier alpha value is -1.80. The molecule has 91 valence electrons. The molecule has 18 heavy (non-hydrogen) atoms. The molecule has 3 rings (SSSR count). The highest BCUT2D eigenvalue weighted by atomic mass is 15.2. The smallest absolute Gasteiger partial charge is 0.0671 e. The second kappa shape index (κ2) is 5.23. The van der Waals surface area contributed by atoms with Gasteiger partial charge in [-0.05, 0) is 17.7 Å². The van der Waals surface area contributed by atoms with Crippen molar-refractivity contribution in [3.63, 3.8) is 0 Å². The maximum absolute atomic E-state index is 4.73. The Labute approximate surface area is 108 Å². The standard InChI is InChI=1S/C16H17N2/c1-3-7-14(8-4-1)16-13-18(12-11-17-16)15-9-5-2-6-10-15/h1-10,16H,11-13H2. The summed E-state index contributed by atoms with van der Waals surface area (Å²) in [6.07, 6.45) is 0. The zero-order valence-electron chi connectivity index (χ0n) is 10.4. The summed E-state index contributed by atoms with van der Waals surface area (Å²) in [7, 11) is 0. The van der Waals surface area contributed by atoms with Crippen molar-refractivity contribution in [1.82, 2.24) is 5.32 Å². The molecule has 1 unspecified atom stereocenters. The number of benzene rings is 2. The average Bonchev–Trinajstić information content (AvgIpc) is 2.49. The molecule has 2 heteroatoms. The third kappa shape index (κ3) is 2.39. The van der Waals surface area contributed by atoms with Gasteiger partial charge in [-0.15, -0.1) is 0 Å². The zero-order valence-corrected chi connectivity index (χ0v) is 10.4. The molecule has 0 spiro atoms. The fourth-order valence-electron chi connectivity index (χ4n) is 2.45. The molecule has 2 aromatic rings. The van der Waals surface area contributed by atoms with Crippen LogP contribution in [0.15, 0.2) is 60.7 Å². The summed E-state index contributed by atoms with van der Waals surface area (Å²) < 4.78 is 0. The van der Waals surface area contributed by atoms with Crippen LogP contribution in [0.5, 0.6) is 0 Å². The molecule has 0 saturated carbocycles. The largest absolute Gasteiger partial charge is 0.368 e. The molecule has 1 saturated heterocycles. The predicted molar refractivity (Wildman–Crippen MR) is 74.8 cm³/mol. The molecule has 1 heterocycles. The van der Waals surface area contributed by atoms with Crippen LogP contribution in [0.2, 0.25) is 0 Å². The molecule has 0 amide bonds. The Balaban J connectivity index is 1.77. The van der Waals surface area contributed by atoms with Crippen LogP contribution in [0.4, 0.5) is 5.69 Å². The van der Waals surface area contributed by atoms with E-state index in [1.807, 2.05) is 0 Å². The topological polar surface area (TPSA) is 17.3 Å². The normalized spacial score (nSPS) is 19.8. The van der Waals surface area contributed by atoms with E-state index >= 15 is 0 Å². The molecular weight excluding hydrogens is 220 g/mol.